The Bertz CT molecular complexity index is 459. The van der Waals surface area contributed by atoms with Gasteiger partial charge in [0.15, 0.2) is 5.60 Å². The average Bonchev–Trinajstić information content (AvgIpc) is 2.53. The largest absolute Gasteiger partial charge is 0.481 e. The van der Waals surface area contributed by atoms with Crippen LogP contribution in [0.3, 0.4) is 0 Å². The molecule has 0 aliphatic heterocycles. The van der Waals surface area contributed by atoms with Crippen LogP contribution in [0.2, 0.25) is 0 Å². The number of aliphatic hydroxyl groups is 2. The lowest BCUT2D eigenvalue weighted by atomic mass is 9.96. The van der Waals surface area contributed by atoms with E-state index in [1.807, 2.05) is 25.7 Å². The first-order chi connectivity index (χ1) is 12.8. The Morgan fingerprint density at radius 3 is 1.36 bits per heavy atom. The second-order valence-corrected chi connectivity index (χ2v) is 5.83. The second kappa shape index (κ2) is 16.9. The maximum atomic E-state index is 10.3. The highest BCUT2D eigenvalue weighted by Gasteiger charge is 2.40. The highest BCUT2D eigenvalue weighted by atomic mass is 16.4. The number of aliphatic hydroxyl groups excluding tert-OH is 1. The van der Waals surface area contributed by atoms with Crippen molar-refractivity contribution in [2.24, 2.45) is 0 Å². The minimum atomic E-state index is -2.74. The minimum absolute atomic E-state index is 0.287. The summed E-state index contributed by atoms with van der Waals surface area (Å²) in [4.78, 5) is 42.2. The monoisotopic (exact) mass is 411 g/mol. The van der Waals surface area contributed by atoms with Gasteiger partial charge >= 0.3 is 23.9 Å². The SMILES string of the molecule is CCCCC(=O)O.CCN(CC)C(C)O.O=C(O)CC(O)(CC(=O)O)C(=O)O. The number of unbranched alkanes of at least 4 members (excludes halogenated alkanes) is 1. The number of carboxylic acid groups (broad SMARTS) is 4. The van der Waals surface area contributed by atoms with Gasteiger partial charge in [0, 0.05) is 6.42 Å². The molecule has 0 aliphatic rings. The van der Waals surface area contributed by atoms with Crippen molar-refractivity contribution >= 4 is 23.9 Å². The van der Waals surface area contributed by atoms with Gasteiger partial charge in [-0.2, -0.15) is 0 Å². The molecule has 6 N–H and O–H groups in total. The molecule has 0 saturated heterocycles. The first kappa shape index (κ1) is 30.5. The molecule has 0 heterocycles. The fourth-order valence-corrected chi connectivity index (χ4v) is 1.79. The third kappa shape index (κ3) is 18.5. The van der Waals surface area contributed by atoms with Crippen LogP contribution in [0.4, 0.5) is 0 Å². The zero-order valence-electron chi connectivity index (χ0n) is 16.8. The number of aliphatic carboxylic acids is 4. The Kier molecular flexibility index (Phi) is 18.4. The van der Waals surface area contributed by atoms with Crippen LogP contribution in [-0.4, -0.2) is 84.3 Å². The predicted molar refractivity (Wildman–Crippen MR) is 98.9 cm³/mol. The summed E-state index contributed by atoms with van der Waals surface area (Å²) in [5, 5.41) is 50.8. The van der Waals surface area contributed by atoms with Crippen molar-refractivity contribution in [1.82, 2.24) is 4.90 Å². The number of nitrogens with zero attached hydrogens (tertiary/aromatic N) is 1. The van der Waals surface area contributed by atoms with Crippen molar-refractivity contribution in [2.45, 2.75) is 71.6 Å². The molecular weight excluding hydrogens is 378 g/mol. The third-order valence-corrected chi connectivity index (χ3v) is 3.37. The van der Waals surface area contributed by atoms with Gasteiger partial charge in [-0.15, -0.1) is 0 Å². The van der Waals surface area contributed by atoms with Crippen LogP contribution in [0.5, 0.6) is 0 Å². The normalized spacial score (nSPS) is 11.4. The van der Waals surface area contributed by atoms with Crippen LogP contribution < -0.4 is 0 Å². The van der Waals surface area contributed by atoms with Crippen LogP contribution in [0.1, 0.15) is 59.8 Å². The molecule has 0 aromatic carbocycles. The maximum absolute atomic E-state index is 10.3. The zero-order chi connectivity index (χ0) is 22.9. The number of hydrogen-bond donors (Lipinski definition) is 6. The smallest absolute Gasteiger partial charge is 0.336 e. The summed E-state index contributed by atoms with van der Waals surface area (Å²) in [6.07, 6.45) is -0.494. The van der Waals surface area contributed by atoms with Gasteiger partial charge in [0.2, 0.25) is 0 Å². The second-order valence-electron chi connectivity index (χ2n) is 5.83. The molecule has 1 atom stereocenters. The van der Waals surface area contributed by atoms with Crippen molar-refractivity contribution in [1.29, 1.82) is 0 Å². The Hall–Kier alpha value is -2.24. The summed E-state index contributed by atoms with van der Waals surface area (Å²) < 4.78 is 0. The molecule has 0 fully saturated rings. The first-order valence-corrected chi connectivity index (χ1v) is 8.80. The van der Waals surface area contributed by atoms with Gasteiger partial charge in [0.1, 0.15) is 6.23 Å². The van der Waals surface area contributed by atoms with Crippen molar-refractivity contribution in [3.63, 3.8) is 0 Å². The molecular formula is C17H33NO10. The van der Waals surface area contributed by atoms with E-state index in [2.05, 4.69) is 0 Å². The van der Waals surface area contributed by atoms with Gasteiger partial charge in [-0.3, -0.25) is 19.3 Å². The number of carboxylic acids is 4. The Morgan fingerprint density at radius 2 is 1.25 bits per heavy atom. The van der Waals surface area contributed by atoms with E-state index < -0.39 is 42.3 Å². The number of carbonyl (C=O) groups is 4. The molecule has 11 nitrogen and oxygen atoms in total. The summed E-state index contributed by atoms with van der Waals surface area (Å²) in [5.74, 6) is -5.71. The average molecular weight is 411 g/mol. The number of hydrogen-bond acceptors (Lipinski definition) is 7. The molecule has 0 radical (unpaired) electrons. The van der Waals surface area contributed by atoms with Crippen LogP contribution in [0.15, 0.2) is 0 Å². The van der Waals surface area contributed by atoms with E-state index >= 15 is 0 Å². The van der Waals surface area contributed by atoms with Crippen molar-refractivity contribution in [3.05, 3.63) is 0 Å². The standard InChI is InChI=1S/C6H15NO.C6H8O7.C5H10O2/c1-4-7(5-2)6(3)8;7-3(8)1-6(13,5(11)12)2-4(9)10;1-2-3-4-5(6)7/h6,8H,4-5H2,1-3H3;13H,1-2H2,(H,7,8)(H,9,10)(H,11,12);2-4H2,1H3,(H,6,7). The highest BCUT2D eigenvalue weighted by Crippen LogP contribution is 2.15. The van der Waals surface area contributed by atoms with Gasteiger partial charge in [-0.05, 0) is 26.4 Å². The van der Waals surface area contributed by atoms with Crippen LogP contribution >= 0.6 is 0 Å². The molecule has 0 bridgehead atoms. The van der Waals surface area contributed by atoms with Crippen molar-refractivity contribution < 1.29 is 49.8 Å². The fourth-order valence-electron chi connectivity index (χ4n) is 1.79. The van der Waals surface area contributed by atoms with Gasteiger partial charge in [0.25, 0.3) is 0 Å². The van der Waals surface area contributed by atoms with E-state index in [0.29, 0.717) is 6.42 Å². The first-order valence-electron chi connectivity index (χ1n) is 8.80. The van der Waals surface area contributed by atoms with E-state index in [1.54, 1.807) is 6.92 Å². The maximum Gasteiger partial charge on any atom is 0.336 e. The van der Waals surface area contributed by atoms with Gasteiger partial charge < -0.3 is 30.6 Å². The van der Waals surface area contributed by atoms with E-state index in [0.717, 1.165) is 25.9 Å². The van der Waals surface area contributed by atoms with Gasteiger partial charge in [-0.25, -0.2) is 4.79 Å². The number of rotatable bonds is 11. The van der Waals surface area contributed by atoms with E-state index in [4.69, 9.17) is 30.6 Å². The summed E-state index contributed by atoms with van der Waals surface area (Å²) in [7, 11) is 0. The van der Waals surface area contributed by atoms with Gasteiger partial charge in [0.05, 0.1) is 12.8 Å². The molecule has 0 rings (SSSR count). The summed E-state index contributed by atoms with van der Waals surface area (Å²) >= 11 is 0. The molecule has 28 heavy (non-hydrogen) atoms. The molecule has 0 aromatic heterocycles. The topological polar surface area (TPSA) is 193 Å². The van der Waals surface area contributed by atoms with Crippen LogP contribution in [0.25, 0.3) is 0 Å². The lowest BCUT2D eigenvalue weighted by Gasteiger charge is -2.20. The highest BCUT2D eigenvalue weighted by molar-refractivity contribution is 5.88. The molecule has 0 amide bonds. The summed E-state index contributed by atoms with van der Waals surface area (Å²) in [5.41, 5.74) is -2.74. The predicted octanol–water partition coefficient (Wildman–Crippen LogP) is 0.679. The lowest BCUT2D eigenvalue weighted by molar-refractivity contribution is -0.170. The van der Waals surface area contributed by atoms with Crippen LogP contribution in [-0.2, 0) is 19.2 Å². The van der Waals surface area contributed by atoms with Crippen molar-refractivity contribution in [2.75, 3.05) is 13.1 Å². The van der Waals surface area contributed by atoms with E-state index in [9.17, 15) is 19.2 Å². The zero-order valence-corrected chi connectivity index (χ0v) is 16.8. The fraction of sp³-hybridized carbons (Fsp3) is 0.765. The Morgan fingerprint density at radius 1 is 0.857 bits per heavy atom. The van der Waals surface area contributed by atoms with Crippen LogP contribution in [0, 0.1) is 0 Å². The Labute approximate surface area is 164 Å². The third-order valence-electron chi connectivity index (χ3n) is 3.37. The minimum Gasteiger partial charge on any atom is -0.481 e. The van der Waals surface area contributed by atoms with E-state index in [-0.39, 0.29) is 6.23 Å². The summed E-state index contributed by atoms with van der Waals surface area (Å²) in [6.45, 7) is 9.69. The Balaban J connectivity index is -0.000000359. The lowest BCUT2D eigenvalue weighted by Crippen LogP contribution is -2.42. The molecule has 0 spiro atoms. The molecule has 11 heteroatoms. The molecule has 0 aliphatic carbocycles. The molecule has 166 valence electrons. The molecule has 0 aromatic rings. The molecule has 0 saturated carbocycles. The van der Waals surface area contributed by atoms with Gasteiger partial charge in [-0.1, -0.05) is 27.2 Å². The van der Waals surface area contributed by atoms with E-state index in [1.165, 1.54) is 0 Å². The quantitative estimate of drug-likeness (QED) is 0.262. The summed E-state index contributed by atoms with van der Waals surface area (Å²) in [6, 6.07) is 0. The molecule has 1 unspecified atom stereocenters. The van der Waals surface area contributed by atoms with Crippen molar-refractivity contribution in [3.8, 4) is 0 Å².